The zero-order valence-electron chi connectivity index (χ0n) is 11.0. The predicted octanol–water partition coefficient (Wildman–Crippen LogP) is 2.36. The fourth-order valence-electron chi connectivity index (χ4n) is 2.33. The van der Waals surface area contributed by atoms with E-state index in [4.69, 9.17) is 17.3 Å². The van der Waals surface area contributed by atoms with Gasteiger partial charge in [-0.1, -0.05) is 23.7 Å². The lowest BCUT2D eigenvalue weighted by molar-refractivity contribution is 0.0929. The lowest BCUT2D eigenvalue weighted by atomic mass is 10.1. The third-order valence-corrected chi connectivity index (χ3v) is 3.88. The van der Waals surface area contributed by atoms with E-state index in [0.29, 0.717) is 23.2 Å². The normalized spacial score (nSPS) is 16.1. The molecule has 0 spiro atoms. The molecule has 1 aromatic carbocycles. The van der Waals surface area contributed by atoms with Gasteiger partial charge in [0.1, 0.15) is 5.69 Å². The number of carbonyl (C=O) groups excluding carboxylic acids is 1. The molecule has 0 saturated heterocycles. The molecular formula is C15H16ClN3O. The standard InChI is InChI=1S/C15H16ClN3O/c16-11-5-3-9-4-6-12(18-13(9)7-11)15(20)19-14(8-17)10-1-2-10/h3-7,10,14H,1-2,8,17H2,(H,19,20). The molecule has 104 valence electrons. The summed E-state index contributed by atoms with van der Waals surface area (Å²) in [7, 11) is 0. The van der Waals surface area contributed by atoms with Gasteiger partial charge < -0.3 is 11.1 Å². The van der Waals surface area contributed by atoms with Crippen molar-refractivity contribution in [1.29, 1.82) is 0 Å². The molecule has 1 aliphatic rings. The Hall–Kier alpha value is -1.65. The lowest BCUT2D eigenvalue weighted by Crippen LogP contribution is -2.42. The van der Waals surface area contributed by atoms with Gasteiger partial charge in [-0.05, 0) is 37.0 Å². The molecular weight excluding hydrogens is 274 g/mol. The smallest absolute Gasteiger partial charge is 0.270 e. The maximum atomic E-state index is 12.2. The van der Waals surface area contributed by atoms with Crippen LogP contribution >= 0.6 is 11.6 Å². The Kier molecular flexibility index (Phi) is 3.59. The van der Waals surface area contributed by atoms with Crippen molar-refractivity contribution in [2.24, 2.45) is 11.7 Å². The molecule has 1 saturated carbocycles. The molecule has 0 bridgehead atoms. The van der Waals surface area contributed by atoms with Crippen molar-refractivity contribution in [3.8, 4) is 0 Å². The van der Waals surface area contributed by atoms with Gasteiger partial charge >= 0.3 is 0 Å². The summed E-state index contributed by atoms with van der Waals surface area (Å²) in [6, 6.07) is 9.12. The first kappa shape index (κ1) is 13.3. The molecule has 1 heterocycles. The number of hydrogen-bond acceptors (Lipinski definition) is 3. The zero-order valence-corrected chi connectivity index (χ0v) is 11.7. The topological polar surface area (TPSA) is 68.0 Å². The van der Waals surface area contributed by atoms with Gasteiger partial charge in [0, 0.05) is 23.0 Å². The van der Waals surface area contributed by atoms with E-state index in [-0.39, 0.29) is 11.9 Å². The first-order chi connectivity index (χ1) is 9.67. The molecule has 2 aromatic rings. The van der Waals surface area contributed by atoms with Crippen LogP contribution in [0, 0.1) is 5.92 Å². The highest BCUT2D eigenvalue weighted by Crippen LogP contribution is 2.32. The highest BCUT2D eigenvalue weighted by Gasteiger charge is 2.31. The molecule has 1 fully saturated rings. The lowest BCUT2D eigenvalue weighted by Gasteiger charge is -2.15. The van der Waals surface area contributed by atoms with Crippen LogP contribution in [0.5, 0.6) is 0 Å². The fraction of sp³-hybridized carbons (Fsp3) is 0.333. The Morgan fingerprint density at radius 2 is 2.15 bits per heavy atom. The van der Waals surface area contributed by atoms with Crippen molar-refractivity contribution in [3.05, 3.63) is 41.0 Å². The third-order valence-electron chi connectivity index (χ3n) is 3.65. The molecule has 1 amide bonds. The number of hydrogen-bond donors (Lipinski definition) is 2. The highest BCUT2D eigenvalue weighted by molar-refractivity contribution is 6.31. The molecule has 3 rings (SSSR count). The van der Waals surface area contributed by atoms with Gasteiger partial charge in [-0.3, -0.25) is 4.79 Å². The average molecular weight is 290 g/mol. The van der Waals surface area contributed by atoms with Gasteiger partial charge in [-0.2, -0.15) is 0 Å². The molecule has 1 unspecified atom stereocenters. The molecule has 5 heteroatoms. The number of fused-ring (bicyclic) bond motifs is 1. The third kappa shape index (κ3) is 2.76. The van der Waals surface area contributed by atoms with Crippen LogP contribution in [0.3, 0.4) is 0 Å². The average Bonchev–Trinajstić information content (AvgIpc) is 3.28. The Bertz CT molecular complexity index is 655. The number of amides is 1. The van der Waals surface area contributed by atoms with Crippen LogP contribution in [0.1, 0.15) is 23.3 Å². The van der Waals surface area contributed by atoms with Crippen molar-refractivity contribution in [2.75, 3.05) is 6.54 Å². The van der Waals surface area contributed by atoms with Gasteiger partial charge in [0.15, 0.2) is 0 Å². The Balaban J connectivity index is 1.83. The van der Waals surface area contributed by atoms with Crippen molar-refractivity contribution in [1.82, 2.24) is 10.3 Å². The quantitative estimate of drug-likeness (QED) is 0.908. The Morgan fingerprint density at radius 1 is 1.40 bits per heavy atom. The molecule has 20 heavy (non-hydrogen) atoms. The number of carbonyl (C=O) groups is 1. The summed E-state index contributed by atoms with van der Waals surface area (Å²) >= 11 is 5.95. The van der Waals surface area contributed by atoms with Crippen molar-refractivity contribution < 1.29 is 4.79 Å². The van der Waals surface area contributed by atoms with Crippen LogP contribution < -0.4 is 11.1 Å². The highest BCUT2D eigenvalue weighted by atomic mass is 35.5. The number of nitrogens with one attached hydrogen (secondary N) is 1. The Morgan fingerprint density at radius 3 is 2.85 bits per heavy atom. The summed E-state index contributed by atoms with van der Waals surface area (Å²) in [5, 5.41) is 4.54. The van der Waals surface area contributed by atoms with Crippen molar-refractivity contribution in [2.45, 2.75) is 18.9 Å². The van der Waals surface area contributed by atoms with Gasteiger partial charge in [-0.15, -0.1) is 0 Å². The fourth-order valence-corrected chi connectivity index (χ4v) is 2.49. The predicted molar refractivity (Wildman–Crippen MR) is 79.8 cm³/mol. The monoisotopic (exact) mass is 289 g/mol. The molecule has 1 atom stereocenters. The summed E-state index contributed by atoms with van der Waals surface area (Å²) < 4.78 is 0. The Labute approximate surface area is 122 Å². The van der Waals surface area contributed by atoms with E-state index in [2.05, 4.69) is 10.3 Å². The maximum Gasteiger partial charge on any atom is 0.270 e. The number of pyridine rings is 1. The van der Waals surface area contributed by atoms with Crippen molar-refractivity contribution >= 4 is 28.4 Å². The second-order valence-corrected chi connectivity index (χ2v) is 5.62. The second-order valence-electron chi connectivity index (χ2n) is 5.19. The minimum atomic E-state index is -0.172. The van der Waals surface area contributed by atoms with Crippen molar-refractivity contribution in [3.63, 3.8) is 0 Å². The summed E-state index contributed by atoms with van der Waals surface area (Å²) in [4.78, 5) is 16.6. The van der Waals surface area contributed by atoms with Crippen LogP contribution in [0.4, 0.5) is 0 Å². The van der Waals surface area contributed by atoms with E-state index >= 15 is 0 Å². The zero-order chi connectivity index (χ0) is 14.1. The largest absolute Gasteiger partial charge is 0.346 e. The first-order valence-electron chi connectivity index (χ1n) is 6.74. The van der Waals surface area contributed by atoms with E-state index in [9.17, 15) is 4.79 Å². The minimum absolute atomic E-state index is 0.0550. The van der Waals surface area contributed by atoms with Gasteiger partial charge in [0.2, 0.25) is 0 Å². The van der Waals surface area contributed by atoms with E-state index in [1.54, 1.807) is 12.1 Å². The number of nitrogens with two attached hydrogens (primary N) is 1. The van der Waals surface area contributed by atoms with Crippen LogP contribution in [0.15, 0.2) is 30.3 Å². The molecule has 1 aromatic heterocycles. The number of benzene rings is 1. The van der Waals surface area contributed by atoms with Crippen LogP contribution in [-0.2, 0) is 0 Å². The maximum absolute atomic E-state index is 12.2. The number of nitrogens with zero attached hydrogens (tertiary/aromatic N) is 1. The summed E-state index contributed by atoms with van der Waals surface area (Å²) in [6.07, 6.45) is 2.28. The van der Waals surface area contributed by atoms with E-state index < -0.39 is 0 Å². The van der Waals surface area contributed by atoms with Crippen LogP contribution in [0.25, 0.3) is 10.9 Å². The number of rotatable bonds is 4. The van der Waals surface area contributed by atoms with Crippen LogP contribution in [-0.4, -0.2) is 23.5 Å². The van der Waals surface area contributed by atoms with Crippen LogP contribution in [0.2, 0.25) is 5.02 Å². The number of halogens is 1. The van der Waals surface area contributed by atoms with E-state index in [1.165, 1.54) is 0 Å². The summed E-state index contributed by atoms with van der Waals surface area (Å²) in [5.74, 6) is 0.355. The molecule has 4 nitrogen and oxygen atoms in total. The molecule has 0 aliphatic heterocycles. The molecule has 0 radical (unpaired) electrons. The first-order valence-corrected chi connectivity index (χ1v) is 7.12. The molecule has 3 N–H and O–H groups in total. The van der Waals surface area contributed by atoms with E-state index in [0.717, 1.165) is 23.7 Å². The van der Waals surface area contributed by atoms with Gasteiger partial charge in [-0.25, -0.2) is 4.98 Å². The molecule has 1 aliphatic carbocycles. The van der Waals surface area contributed by atoms with Gasteiger partial charge in [0.05, 0.1) is 5.52 Å². The SMILES string of the molecule is NCC(NC(=O)c1ccc2ccc(Cl)cc2n1)C1CC1. The van der Waals surface area contributed by atoms with Gasteiger partial charge in [0.25, 0.3) is 5.91 Å². The summed E-state index contributed by atoms with van der Waals surface area (Å²) in [6.45, 7) is 0.468. The summed E-state index contributed by atoms with van der Waals surface area (Å²) in [5.41, 5.74) is 6.82. The van der Waals surface area contributed by atoms with E-state index in [1.807, 2.05) is 18.2 Å². The second kappa shape index (κ2) is 5.38. The minimum Gasteiger partial charge on any atom is -0.346 e. The number of aromatic nitrogens is 1.